The molecule has 5 rings (SSSR count). The highest BCUT2D eigenvalue weighted by atomic mass is 79.9. The van der Waals surface area contributed by atoms with Gasteiger partial charge in [-0.1, -0.05) is 15.9 Å². The van der Waals surface area contributed by atoms with Gasteiger partial charge in [-0.25, -0.2) is 0 Å². The quantitative estimate of drug-likeness (QED) is 0.506. The first-order chi connectivity index (χ1) is 12.4. The summed E-state index contributed by atoms with van der Waals surface area (Å²) in [4.78, 5) is 26.7. The van der Waals surface area contributed by atoms with Gasteiger partial charge in [-0.3, -0.25) is 9.59 Å². The number of piperidine rings is 1. The van der Waals surface area contributed by atoms with E-state index in [4.69, 9.17) is 5.73 Å². The number of rotatable bonds is 6. The zero-order valence-electron chi connectivity index (χ0n) is 15.6. The molecule has 0 aromatic rings. The molecule has 1 saturated heterocycles. The minimum absolute atomic E-state index is 0.000449. The van der Waals surface area contributed by atoms with Gasteiger partial charge in [0.25, 0.3) is 0 Å². The van der Waals surface area contributed by atoms with Gasteiger partial charge in [0, 0.05) is 17.4 Å². The molecule has 146 valence electrons. The van der Waals surface area contributed by atoms with Gasteiger partial charge >= 0.3 is 0 Å². The Kier molecular flexibility index (Phi) is 5.10. The summed E-state index contributed by atoms with van der Waals surface area (Å²) in [5.74, 6) is 1.60. The van der Waals surface area contributed by atoms with E-state index in [2.05, 4.69) is 26.1 Å². The van der Waals surface area contributed by atoms with Gasteiger partial charge in [-0.15, -0.1) is 0 Å². The minimum Gasteiger partial charge on any atom is -0.369 e. The number of likely N-dealkylation sites (tertiary alicyclic amines) is 1. The van der Waals surface area contributed by atoms with Gasteiger partial charge in [0.2, 0.25) is 11.8 Å². The Balaban J connectivity index is 1.24. The molecule has 5 aliphatic rings. The Morgan fingerprint density at radius 1 is 1.19 bits per heavy atom. The summed E-state index contributed by atoms with van der Waals surface area (Å²) in [5, 5.41) is 3.25. The summed E-state index contributed by atoms with van der Waals surface area (Å²) in [5.41, 5.74) is 5.34. The number of halogens is 1. The summed E-state index contributed by atoms with van der Waals surface area (Å²) >= 11 is 3.99. The SMILES string of the molecule is NC(=O)C1CCCN(CCCNC(=O)C23CC4CC(CC(Br)(C4)C2)C3)C1. The van der Waals surface area contributed by atoms with E-state index >= 15 is 0 Å². The van der Waals surface area contributed by atoms with Crippen LogP contribution in [0.5, 0.6) is 0 Å². The first kappa shape index (κ1) is 18.7. The van der Waals surface area contributed by atoms with E-state index in [1.165, 1.54) is 19.3 Å². The van der Waals surface area contributed by atoms with Crippen LogP contribution in [-0.2, 0) is 9.59 Å². The highest BCUT2D eigenvalue weighted by molar-refractivity contribution is 9.10. The highest BCUT2D eigenvalue weighted by Crippen LogP contribution is 2.64. The fourth-order valence-electron chi connectivity index (χ4n) is 6.60. The van der Waals surface area contributed by atoms with Crippen molar-refractivity contribution in [1.82, 2.24) is 10.2 Å². The highest BCUT2D eigenvalue weighted by Gasteiger charge is 2.59. The molecular weight excluding hydrogens is 394 g/mol. The smallest absolute Gasteiger partial charge is 0.226 e. The normalized spacial score (nSPS) is 42.0. The van der Waals surface area contributed by atoms with Crippen molar-refractivity contribution in [2.45, 2.75) is 62.1 Å². The molecule has 5 fully saturated rings. The van der Waals surface area contributed by atoms with Crippen LogP contribution < -0.4 is 11.1 Å². The number of carbonyl (C=O) groups excluding carboxylic acids is 2. The molecule has 3 unspecified atom stereocenters. The van der Waals surface area contributed by atoms with Crippen LogP contribution in [0.15, 0.2) is 0 Å². The van der Waals surface area contributed by atoms with E-state index in [0.717, 1.165) is 76.5 Å². The van der Waals surface area contributed by atoms with Crippen LogP contribution in [0.1, 0.15) is 57.8 Å². The summed E-state index contributed by atoms with van der Waals surface area (Å²) in [6, 6.07) is 0. The third-order valence-corrected chi connectivity index (χ3v) is 8.24. The number of amides is 2. The van der Waals surface area contributed by atoms with Gasteiger partial charge in [-0.2, -0.15) is 0 Å². The lowest BCUT2D eigenvalue weighted by Crippen LogP contribution is -2.58. The number of nitrogens with two attached hydrogens (primary N) is 1. The van der Waals surface area contributed by atoms with Crippen molar-refractivity contribution in [3.05, 3.63) is 0 Å². The van der Waals surface area contributed by atoms with Crippen molar-refractivity contribution in [2.24, 2.45) is 28.9 Å². The van der Waals surface area contributed by atoms with E-state index < -0.39 is 0 Å². The van der Waals surface area contributed by atoms with Crippen molar-refractivity contribution < 1.29 is 9.59 Å². The number of hydrogen-bond donors (Lipinski definition) is 2. The Bertz CT molecular complexity index is 567. The van der Waals surface area contributed by atoms with Crippen LogP contribution in [0, 0.1) is 23.2 Å². The predicted octanol–water partition coefficient (Wildman–Crippen LogP) is 2.42. The molecule has 2 amide bonds. The Labute approximate surface area is 164 Å². The van der Waals surface area contributed by atoms with Crippen LogP contribution in [0.25, 0.3) is 0 Å². The standard InChI is InChI=1S/C20H32BrN3O2/c21-20-10-14-7-15(11-20)9-19(8-14,13-20)18(26)23-4-2-6-24-5-1-3-16(12-24)17(22)25/h14-16H,1-13H2,(H2,22,25)(H,23,26). The number of nitrogens with zero attached hydrogens (tertiary/aromatic N) is 1. The van der Waals surface area contributed by atoms with Crippen LogP contribution >= 0.6 is 15.9 Å². The van der Waals surface area contributed by atoms with Crippen LogP contribution in [0.3, 0.4) is 0 Å². The van der Waals surface area contributed by atoms with Crippen LogP contribution in [-0.4, -0.2) is 47.2 Å². The summed E-state index contributed by atoms with van der Waals surface area (Å²) in [7, 11) is 0. The molecule has 3 N–H and O–H groups in total. The van der Waals surface area contributed by atoms with Gasteiger partial charge in [0.15, 0.2) is 0 Å². The lowest BCUT2D eigenvalue weighted by molar-refractivity contribution is -0.144. The number of primary amides is 1. The third-order valence-electron chi connectivity index (χ3n) is 7.32. The second kappa shape index (κ2) is 7.08. The zero-order valence-corrected chi connectivity index (χ0v) is 17.2. The van der Waals surface area contributed by atoms with E-state index in [1.54, 1.807) is 0 Å². The molecule has 0 aromatic heterocycles. The lowest BCUT2D eigenvalue weighted by Gasteiger charge is -2.59. The fourth-order valence-corrected chi connectivity index (χ4v) is 8.05. The van der Waals surface area contributed by atoms with E-state index in [0.29, 0.717) is 5.91 Å². The molecular formula is C20H32BrN3O2. The maximum absolute atomic E-state index is 13.0. The minimum atomic E-state index is -0.173. The van der Waals surface area contributed by atoms with E-state index in [-0.39, 0.29) is 21.6 Å². The van der Waals surface area contributed by atoms with Crippen molar-refractivity contribution in [3.63, 3.8) is 0 Å². The predicted molar refractivity (Wildman–Crippen MR) is 105 cm³/mol. The monoisotopic (exact) mass is 425 g/mol. The first-order valence-electron chi connectivity index (χ1n) is 10.4. The van der Waals surface area contributed by atoms with Gasteiger partial charge < -0.3 is 16.0 Å². The Morgan fingerprint density at radius 3 is 2.58 bits per heavy atom. The van der Waals surface area contributed by atoms with Crippen LogP contribution in [0.2, 0.25) is 0 Å². The first-order valence-corrected chi connectivity index (χ1v) is 11.2. The number of carbonyl (C=O) groups is 2. The molecule has 0 spiro atoms. The zero-order chi connectivity index (χ0) is 18.4. The summed E-state index contributed by atoms with van der Waals surface area (Å²) in [6.07, 6.45) is 9.96. The molecule has 4 saturated carbocycles. The second-order valence-electron chi connectivity index (χ2n) is 9.54. The average molecular weight is 426 g/mol. The maximum Gasteiger partial charge on any atom is 0.226 e. The summed E-state index contributed by atoms with van der Waals surface area (Å²) < 4.78 is 0.228. The molecule has 6 heteroatoms. The number of nitrogens with one attached hydrogen (secondary N) is 1. The van der Waals surface area contributed by atoms with Gasteiger partial charge in [0.1, 0.15) is 0 Å². The molecule has 5 nitrogen and oxygen atoms in total. The average Bonchev–Trinajstić information content (AvgIpc) is 2.56. The van der Waals surface area contributed by atoms with Crippen molar-refractivity contribution >= 4 is 27.7 Å². The second-order valence-corrected chi connectivity index (χ2v) is 11.2. The number of alkyl halides is 1. The van der Waals surface area contributed by atoms with Crippen molar-refractivity contribution in [3.8, 4) is 0 Å². The molecule has 4 bridgehead atoms. The molecule has 3 atom stereocenters. The van der Waals surface area contributed by atoms with Gasteiger partial charge in [0.05, 0.1) is 11.3 Å². The van der Waals surface area contributed by atoms with Crippen molar-refractivity contribution in [1.29, 1.82) is 0 Å². The maximum atomic E-state index is 13.0. The molecule has 0 aromatic carbocycles. The Morgan fingerprint density at radius 2 is 1.92 bits per heavy atom. The van der Waals surface area contributed by atoms with Crippen molar-refractivity contribution in [2.75, 3.05) is 26.2 Å². The lowest BCUT2D eigenvalue weighted by atomic mass is 9.49. The molecule has 0 radical (unpaired) electrons. The number of hydrogen-bond acceptors (Lipinski definition) is 3. The summed E-state index contributed by atoms with van der Waals surface area (Å²) in [6.45, 7) is 3.49. The Hall–Kier alpha value is -0.620. The topological polar surface area (TPSA) is 75.4 Å². The molecule has 4 aliphatic carbocycles. The van der Waals surface area contributed by atoms with E-state index in [9.17, 15) is 9.59 Å². The molecule has 1 aliphatic heterocycles. The molecule has 1 heterocycles. The third kappa shape index (κ3) is 3.68. The largest absolute Gasteiger partial charge is 0.369 e. The van der Waals surface area contributed by atoms with E-state index in [1.807, 2.05) is 0 Å². The van der Waals surface area contributed by atoms with Crippen LogP contribution in [0.4, 0.5) is 0 Å². The molecule has 26 heavy (non-hydrogen) atoms. The fraction of sp³-hybridized carbons (Fsp3) is 0.900. The van der Waals surface area contributed by atoms with Gasteiger partial charge in [-0.05, 0) is 82.7 Å².